The number of nitrogens with one attached hydrogen (secondary N) is 1. The molecule has 4 heteroatoms. The highest BCUT2D eigenvalue weighted by atomic mass is 79.9. The predicted molar refractivity (Wildman–Crippen MR) is 85.0 cm³/mol. The van der Waals surface area contributed by atoms with E-state index in [-0.39, 0.29) is 0 Å². The van der Waals surface area contributed by atoms with Crippen LogP contribution in [0.4, 0.5) is 0 Å². The SMILES string of the molecule is COc1ccc(C(C)NCc2sccc2C)cc1Br. The van der Waals surface area contributed by atoms with Crippen LogP contribution in [-0.4, -0.2) is 7.11 Å². The monoisotopic (exact) mass is 339 g/mol. The average molecular weight is 340 g/mol. The van der Waals surface area contributed by atoms with Crippen molar-refractivity contribution in [3.8, 4) is 5.75 Å². The summed E-state index contributed by atoms with van der Waals surface area (Å²) >= 11 is 5.33. The van der Waals surface area contributed by atoms with Gasteiger partial charge in [-0.2, -0.15) is 0 Å². The van der Waals surface area contributed by atoms with Gasteiger partial charge in [-0.3, -0.25) is 0 Å². The van der Waals surface area contributed by atoms with Crippen molar-refractivity contribution in [3.63, 3.8) is 0 Å². The van der Waals surface area contributed by atoms with Gasteiger partial charge in [0.05, 0.1) is 11.6 Å². The highest BCUT2D eigenvalue weighted by Gasteiger charge is 2.09. The first kappa shape index (κ1) is 14.6. The first-order valence-electron chi connectivity index (χ1n) is 6.21. The maximum Gasteiger partial charge on any atom is 0.133 e. The number of halogens is 1. The van der Waals surface area contributed by atoms with E-state index in [1.165, 1.54) is 16.0 Å². The zero-order valence-electron chi connectivity index (χ0n) is 11.4. The summed E-state index contributed by atoms with van der Waals surface area (Å²) in [6, 6.07) is 8.67. The normalized spacial score (nSPS) is 12.4. The summed E-state index contributed by atoms with van der Waals surface area (Å²) in [5.74, 6) is 0.866. The molecule has 1 heterocycles. The highest BCUT2D eigenvalue weighted by molar-refractivity contribution is 9.10. The van der Waals surface area contributed by atoms with Crippen molar-refractivity contribution >= 4 is 27.3 Å². The molecule has 19 heavy (non-hydrogen) atoms. The third-order valence-corrected chi connectivity index (χ3v) is 4.86. The second kappa shape index (κ2) is 6.55. The summed E-state index contributed by atoms with van der Waals surface area (Å²) in [5, 5.41) is 5.70. The van der Waals surface area contributed by atoms with E-state index in [0.29, 0.717) is 6.04 Å². The molecule has 2 rings (SSSR count). The summed E-state index contributed by atoms with van der Waals surface area (Å²) in [7, 11) is 1.68. The third-order valence-electron chi connectivity index (χ3n) is 3.21. The van der Waals surface area contributed by atoms with Crippen molar-refractivity contribution in [2.45, 2.75) is 26.4 Å². The fraction of sp³-hybridized carbons (Fsp3) is 0.333. The van der Waals surface area contributed by atoms with Crippen molar-refractivity contribution in [1.82, 2.24) is 5.32 Å². The molecule has 2 aromatic rings. The van der Waals surface area contributed by atoms with Crippen molar-refractivity contribution < 1.29 is 4.74 Å². The van der Waals surface area contributed by atoms with Gasteiger partial charge in [0.1, 0.15) is 5.75 Å². The minimum Gasteiger partial charge on any atom is -0.496 e. The zero-order valence-corrected chi connectivity index (χ0v) is 13.8. The molecular formula is C15H18BrNOS. The molecule has 0 amide bonds. The van der Waals surface area contributed by atoms with E-state index >= 15 is 0 Å². The van der Waals surface area contributed by atoms with Crippen molar-refractivity contribution in [2.75, 3.05) is 7.11 Å². The maximum atomic E-state index is 5.25. The van der Waals surface area contributed by atoms with Crippen molar-refractivity contribution in [2.24, 2.45) is 0 Å². The molecule has 0 aliphatic heterocycles. The quantitative estimate of drug-likeness (QED) is 0.853. The van der Waals surface area contributed by atoms with Crippen LogP contribution < -0.4 is 10.1 Å². The van der Waals surface area contributed by atoms with Gasteiger partial charge in [0.2, 0.25) is 0 Å². The summed E-state index contributed by atoms with van der Waals surface area (Å²) in [6.07, 6.45) is 0. The lowest BCUT2D eigenvalue weighted by Gasteiger charge is -2.15. The zero-order chi connectivity index (χ0) is 13.8. The van der Waals surface area contributed by atoms with Crippen LogP contribution in [-0.2, 0) is 6.54 Å². The molecule has 0 aliphatic rings. The minimum absolute atomic E-state index is 0.309. The van der Waals surface area contributed by atoms with Gasteiger partial charge in [-0.05, 0) is 64.5 Å². The van der Waals surface area contributed by atoms with Gasteiger partial charge >= 0.3 is 0 Å². The molecule has 0 saturated heterocycles. The molecule has 0 spiro atoms. The Morgan fingerprint density at radius 3 is 2.74 bits per heavy atom. The van der Waals surface area contributed by atoms with Gasteiger partial charge in [-0.25, -0.2) is 0 Å². The molecule has 2 nitrogen and oxygen atoms in total. The fourth-order valence-electron chi connectivity index (χ4n) is 1.90. The molecule has 1 aromatic heterocycles. The van der Waals surface area contributed by atoms with Crippen LogP contribution in [0, 0.1) is 6.92 Å². The van der Waals surface area contributed by atoms with Gasteiger partial charge in [0.25, 0.3) is 0 Å². The highest BCUT2D eigenvalue weighted by Crippen LogP contribution is 2.28. The maximum absolute atomic E-state index is 5.25. The Balaban J connectivity index is 2.02. The number of benzene rings is 1. The number of rotatable bonds is 5. The second-order valence-electron chi connectivity index (χ2n) is 4.52. The lowest BCUT2D eigenvalue weighted by atomic mass is 10.1. The van der Waals surface area contributed by atoms with Crippen LogP contribution in [0.15, 0.2) is 34.1 Å². The van der Waals surface area contributed by atoms with E-state index in [2.05, 4.69) is 58.7 Å². The van der Waals surface area contributed by atoms with E-state index in [0.717, 1.165) is 16.8 Å². The standard InChI is InChI=1S/C15H18BrNOS/c1-10-6-7-19-15(10)9-17-11(2)12-4-5-14(18-3)13(16)8-12/h4-8,11,17H,9H2,1-3H3. The first-order chi connectivity index (χ1) is 9.11. The van der Waals surface area contributed by atoms with E-state index in [4.69, 9.17) is 4.74 Å². The minimum atomic E-state index is 0.309. The number of aryl methyl sites for hydroxylation is 1. The third kappa shape index (κ3) is 3.59. The van der Waals surface area contributed by atoms with Crippen molar-refractivity contribution in [1.29, 1.82) is 0 Å². The van der Waals surface area contributed by atoms with Gasteiger partial charge in [0, 0.05) is 17.5 Å². The lowest BCUT2D eigenvalue weighted by Crippen LogP contribution is -2.17. The van der Waals surface area contributed by atoms with Crippen LogP contribution in [0.1, 0.15) is 29.0 Å². The summed E-state index contributed by atoms with van der Waals surface area (Å²) in [5.41, 5.74) is 2.61. The molecule has 1 atom stereocenters. The number of thiophene rings is 1. The molecule has 0 saturated carbocycles. The molecule has 102 valence electrons. The van der Waals surface area contributed by atoms with Gasteiger partial charge in [-0.1, -0.05) is 6.07 Å². The van der Waals surface area contributed by atoms with E-state index in [9.17, 15) is 0 Å². The van der Waals surface area contributed by atoms with Crippen LogP contribution >= 0.6 is 27.3 Å². The van der Waals surface area contributed by atoms with Crippen molar-refractivity contribution in [3.05, 3.63) is 50.1 Å². The van der Waals surface area contributed by atoms with E-state index in [1.807, 2.05) is 6.07 Å². The Bertz CT molecular complexity index is 553. The molecule has 1 N–H and O–H groups in total. The molecule has 1 aromatic carbocycles. The summed E-state index contributed by atoms with van der Waals surface area (Å²) in [4.78, 5) is 1.40. The number of ether oxygens (including phenoxy) is 1. The Morgan fingerprint density at radius 2 is 2.16 bits per heavy atom. The Morgan fingerprint density at radius 1 is 1.37 bits per heavy atom. The number of hydrogen-bond donors (Lipinski definition) is 1. The van der Waals surface area contributed by atoms with E-state index < -0.39 is 0 Å². The molecule has 0 aliphatic carbocycles. The first-order valence-corrected chi connectivity index (χ1v) is 7.89. The van der Waals surface area contributed by atoms with Crippen LogP contribution in [0.2, 0.25) is 0 Å². The Labute approximate surface area is 126 Å². The second-order valence-corrected chi connectivity index (χ2v) is 6.38. The van der Waals surface area contributed by atoms with Gasteiger partial charge in [0.15, 0.2) is 0 Å². The Hall–Kier alpha value is -0.840. The van der Waals surface area contributed by atoms with Gasteiger partial charge in [-0.15, -0.1) is 11.3 Å². The van der Waals surface area contributed by atoms with Crippen LogP contribution in [0.3, 0.4) is 0 Å². The number of methoxy groups -OCH3 is 1. The topological polar surface area (TPSA) is 21.3 Å². The average Bonchev–Trinajstić information content (AvgIpc) is 2.81. The molecule has 0 radical (unpaired) electrons. The fourth-order valence-corrected chi connectivity index (χ4v) is 3.32. The molecule has 1 unspecified atom stereocenters. The van der Waals surface area contributed by atoms with Crippen LogP contribution in [0.5, 0.6) is 5.75 Å². The largest absolute Gasteiger partial charge is 0.496 e. The lowest BCUT2D eigenvalue weighted by molar-refractivity contribution is 0.411. The predicted octanol–water partition coefficient (Wildman–Crippen LogP) is 4.68. The summed E-state index contributed by atoms with van der Waals surface area (Å²) in [6.45, 7) is 5.24. The molecule has 0 bridgehead atoms. The number of hydrogen-bond acceptors (Lipinski definition) is 3. The van der Waals surface area contributed by atoms with E-state index in [1.54, 1.807) is 18.4 Å². The Kier molecular flexibility index (Phi) is 5.02. The van der Waals surface area contributed by atoms with Gasteiger partial charge < -0.3 is 10.1 Å². The van der Waals surface area contributed by atoms with Crippen LogP contribution in [0.25, 0.3) is 0 Å². The molecular weight excluding hydrogens is 322 g/mol. The molecule has 0 fully saturated rings. The summed E-state index contributed by atoms with van der Waals surface area (Å²) < 4.78 is 6.24. The smallest absolute Gasteiger partial charge is 0.133 e.